The molecule has 116 valence electrons. The molecule has 0 saturated carbocycles. The fourth-order valence-corrected chi connectivity index (χ4v) is 0.354. The van der Waals surface area contributed by atoms with Crippen molar-refractivity contribution in [3.05, 3.63) is 0 Å². The molecule has 17 heavy (non-hydrogen) atoms. The Labute approximate surface area is 117 Å². The van der Waals surface area contributed by atoms with Crippen LogP contribution in [0.5, 0.6) is 0 Å². The van der Waals surface area contributed by atoms with Crippen molar-refractivity contribution in [3.8, 4) is 0 Å². The SMILES string of the molecule is C.C.C.C.CC(C)C.CCCC.CCCCC. The highest BCUT2D eigenvalue weighted by atomic mass is 13.7. The zero-order valence-electron chi connectivity index (χ0n) is 11.1. The molecule has 0 aliphatic heterocycles. The first kappa shape index (κ1) is 43.5. The van der Waals surface area contributed by atoms with Gasteiger partial charge in [0.2, 0.25) is 0 Å². The van der Waals surface area contributed by atoms with Crippen LogP contribution >= 0.6 is 0 Å². The Morgan fingerprint density at radius 1 is 0.529 bits per heavy atom. The zero-order valence-corrected chi connectivity index (χ0v) is 11.1. The normalized spacial score (nSPS) is 6.35. The third kappa shape index (κ3) is 348. The molecule has 0 radical (unpaired) electrons. The lowest BCUT2D eigenvalue weighted by Crippen LogP contribution is -1.66. The Hall–Kier alpha value is 0. The Balaban J connectivity index is -0.0000000159. The van der Waals surface area contributed by atoms with Gasteiger partial charge in [-0.15, -0.1) is 0 Å². The van der Waals surface area contributed by atoms with E-state index in [4.69, 9.17) is 0 Å². The van der Waals surface area contributed by atoms with Gasteiger partial charge >= 0.3 is 0 Å². The summed E-state index contributed by atoms with van der Waals surface area (Å²) in [4.78, 5) is 0. The van der Waals surface area contributed by atoms with E-state index in [-0.39, 0.29) is 29.7 Å². The highest BCUT2D eigenvalue weighted by Crippen LogP contribution is 1.88. The van der Waals surface area contributed by atoms with Gasteiger partial charge in [-0.1, -0.05) is 110 Å². The van der Waals surface area contributed by atoms with Crippen LogP contribution in [0.4, 0.5) is 0 Å². The van der Waals surface area contributed by atoms with Crippen molar-refractivity contribution in [3.63, 3.8) is 0 Å². The van der Waals surface area contributed by atoms with E-state index in [1.807, 2.05) is 0 Å². The van der Waals surface area contributed by atoms with E-state index in [1.54, 1.807) is 0 Å². The maximum absolute atomic E-state index is 2.21. The monoisotopic (exact) mass is 252 g/mol. The molecular weight excluding hydrogens is 204 g/mol. The van der Waals surface area contributed by atoms with Gasteiger partial charge in [0.1, 0.15) is 0 Å². The molecule has 0 heterocycles. The predicted molar refractivity (Wildman–Crippen MR) is 93.2 cm³/mol. The fraction of sp³-hybridized carbons (Fsp3) is 1.00. The van der Waals surface area contributed by atoms with Crippen LogP contribution in [-0.4, -0.2) is 0 Å². The highest BCUT2D eigenvalue weighted by Gasteiger charge is 1.68. The van der Waals surface area contributed by atoms with Crippen molar-refractivity contribution in [1.82, 2.24) is 0 Å². The van der Waals surface area contributed by atoms with Gasteiger partial charge in [-0.2, -0.15) is 0 Å². The molecule has 0 spiro atoms. The van der Waals surface area contributed by atoms with Crippen LogP contribution in [-0.2, 0) is 0 Å². The molecule has 0 atom stereocenters. The van der Waals surface area contributed by atoms with E-state index in [9.17, 15) is 0 Å². The predicted octanol–water partition coefficient (Wildman–Crippen LogP) is 8.21. The van der Waals surface area contributed by atoms with Crippen LogP contribution in [0, 0.1) is 5.92 Å². The lowest BCUT2D eigenvalue weighted by atomic mass is 10.3. The average Bonchev–Trinajstić information content (AvgIpc) is 2.05. The summed E-state index contributed by atoms with van der Waals surface area (Å²) < 4.78 is 0. The number of unbranched alkanes of at least 4 members (excludes halogenated alkanes) is 3. The fourth-order valence-electron chi connectivity index (χ4n) is 0.354. The minimum atomic E-state index is 0. The highest BCUT2D eigenvalue weighted by molar-refractivity contribution is 4.24. The van der Waals surface area contributed by atoms with Crippen LogP contribution in [0.1, 0.15) is 110 Å². The minimum Gasteiger partial charge on any atom is -0.0776 e. The van der Waals surface area contributed by atoms with Gasteiger partial charge in [-0.3, -0.25) is 0 Å². The minimum absolute atomic E-state index is 0. The first-order valence-corrected chi connectivity index (χ1v) is 6.06. The molecule has 0 aliphatic carbocycles. The molecule has 0 fully saturated rings. The van der Waals surface area contributed by atoms with Crippen molar-refractivity contribution in [1.29, 1.82) is 0 Å². The molecule has 0 N–H and O–H groups in total. The van der Waals surface area contributed by atoms with E-state index in [0.717, 1.165) is 5.92 Å². The van der Waals surface area contributed by atoms with Crippen LogP contribution in [0.3, 0.4) is 0 Å². The van der Waals surface area contributed by atoms with Crippen molar-refractivity contribution < 1.29 is 0 Å². The molecular formula is C17H48. The molecule has 0 nitrogen and oxygen atoms in total. The molecule has 0 aliphatic rings. The van der Waals surface area contributed by atoms with Gasteiger partial charge in [0.05, 0.1) is 0 Å². The Bertz CT molecular complexity index is 39.2. The van der Waals surface area contributed by atoms with Crippen LogP contribution in [0.15, 0.2) is 0 Å². The van der Waals surface area contributed by atoms with Gasteiger partial charge in [0, 0.05) is 0 Å². The summed E-state index contributed by atoms with van der Waals surface area (Å²) in [5, 5.41) is 0. The number of hydrogen-bond donors (Lipinski definition) is 0. The van der Waals surface area contributed by atoms with E-state index < -0.39 is 0 Å². The quantitative estimate of drug-likeness (QED) is 0.474. The topological polar surface area (TPSA) is 0 Å². The summed E-state index contributed by atoms with van der Waals surface area (Å²) in [7, 11) is 0. The zero-order chi connectivity index (χ0) is 11.1. The molecule has 0 bridgehead atoms. The molecule has 0 heteroatoms. The van der Waals surface area contributed by atoms with Crippen molar-refractivity contribution in [2.24, 2.45) is 5.92 Å². The lowest BCUT2D eigenvalue weighted by Gasteiger charge is -1.79. The van der Waals surface area contributed by atoms with Gasteiger partial charge in [0.25, 0.3) is 0 Å². The first-order valence-electron chi connectivity index (χ1n) is 6.06. The van der Waals surface area contributed by atoms with E-state index in [0.29, 0.717) is 0 Å². The van der Waals surface area contributed by atoms with Gasteiger partial charge in [0.15, 0.2) is 0 Å². The number of hydrogen-bond acceptors (Lipinski definition) is 0. The molecule has 0 amide bonds. The van der Waals surface area contributed by atoms with Crippen LogP contribution in [0.25, 0.3) is 0 Å². The van der Waals surface area contributed by atoms with Gasteiger partial charge in [-0.05, 0) is 5.92 Å². The van der Waals surface area contributed by atoms with Crippen molar-refractivity contribution >= 4 is 0 Å². The molecule has 0 aromatic carbocycles. The molecule has 0 aromatic rings. The van der Waals surface area contributed by atoms with E-state index in [1.165, 1.54) is 32.1 Å². The maximum Gasteiger partial charge on any atom is -0.0500 e. The number of rotatable bonds is 3. The van der Waals surface area contributed by atoms with Crippen LogP contribution < -0.4 is 0 Å². The Kier molecular flexibility index (Phi) is 144. The summed E-state index contributed by atoms with van der Waals surface area (Å²) in [6.45, 7) is 15.3. The Morgan fingerprint density at radius 2 is 0.706 bits per heavy atom. The van der Waals surface area contributed by atoms with E-state index >= 15 is 0 Å². The second kappa shape index (κ2) is 56.2. The van der Waals surface area contributed by atoms with Crippen molar-refractivity contribution in [2.75, 3.05) is 0 Å². The summed E-state index contributed by atoms with van der Waals surface area (Å²) >= 11 is 0. The summed E-state index contributed by atoms with van der Waals surface area (Å²) in [6, 6.07) is 0. The average molecular weight is 253 g/mol. The standard InChI is InChI=1S/C5H12.2C4H10.4CH4/c1-3-5-4-2;1-4(2)3;1-3-4-2;;;;/h3-5H2,1-2H3;4H,1-3H3;3-4H2,1-2H3;4*1H4. The van der Waals surface area contributed by atoms with Gasteiger partial charge < -0.3 is 0 Å². The molecule has 0 aromatic heterocycles. The Morgan fingerprint density at radius 3 is 0.706 bits per heavy atom. The third-order valence-electron chi connectivity index (χ3n) is 1.21. The summed E-state index contributed by atoms with van der Waals surface area (Å²) in [6.07, 6.45) is 6.72. The summed E-state index contributed by atoms with van der Waals surface area (Å²) in [5.74, 6) is 0.833. The molecule has 0 rings (SSSR count). The third-order valence-corrected chi connectivity index (χ3v) is 1.21. The molecule has 0 unspecified atom stereocenters. The lowest BCUT2D eigenvalue weighted by molar-refractivity contribution is 0.737. The van der Waals surface area contributed by atoms with Crippen molar-refractivity contribution in [2.45, 2.75) is 110 Å². The van der Waals surface area contributed by atoms with E-state index in [2.05, 4.69) is 48.5 Å². The smallest absolute Gasteiger partial charge is 0.0500 e. The second-order valence-electron chi connectivity index (χ2n) is 4.09. The first-order chi connectivity index (χ1) is 6.06. The van der Waals surface area contributed by atoms with Crippen LogP contribution in [0.2, 0.25) is 0 Å². The van der Waals surface area contributed by atoms with Gasteiger partial charge in [-0.25, -0.2) is 0 Å². The largest absolute Gasteiger partial charge is 0.0776 e. The molecule has 0 saturated heterocycles. The maximum atomic E-state index is 2.21. The summed E-state index contributed by atoms with van der Waals surface area (Å²) in [5.41, 5.74) is 0. The second-order valence-corrected chi connectivity index (χ2v) is 4.09.